The summed E-state index contributed by atoms with van der Waals surface area (Å²) in [6.07, 6.45) is 1.61. The summed E-state index contributed by atoms with van der Waals surface area (Å²) in [5.74, 6) is 0.266. The fourth-order valence-electron chi connectivity index (χ4n) is 3.23. The quantitative estimate of drug-likeness (QED) is 0.415. The second-order valence-electron chi connectivity index (χ2n) is 6.94. The van der Waals surface area contributed by atoms with E-state index in [2.05, 4.69) is 15.6 Å². The van der Waals surface area contributed by atoms with Crippen LogP contribution in [-0.2, 0) is 27.4 Å². The fourth-order valence-corrected chi connectivity index (χ4v) is 3.95. The van der Waals surface area contributed by atoms with E-state index in [4.69, 9.17) is 9.15 Å². The average molecular weight is 452 g/mol. The van der Waals surface area contributed by atoms with Crippen LogP contribution in [0.4, 0.5) is 5.13 Å². The number of rotatable bonds is 7. The highest BCUT2D eigenvalue weighted by atomic mass is 32.1. The highest BCUT2D eigenvalue weighted by Gasteiger charge is 2.17. The number of aromatic nitrogens is 2. The minimum absolute atomic E-state index is 0.00797. The SMILES string of the molecule is COC(=O)c1cn(CC(=O)Nc2nc(-c3ccc(CNC(C)=O)o3)cs2)c2ccccc12. The Hall–Kier alpha value is -3.92. The molecule has 164 valence electrons. The number of nitrogens with zero attached hydrogens (tertiary/aromatic N) is 2. The van der Waals surface area contributed by atoms with Gasteiger partial charge in [-0.3, -0.25) is 9.59 Å². The Morgan fingerprint density at radius 1 is 1.19 bits per heavy atom. The second-order valence-corrected chi connectivity index (χ2v) is 7.80. The first-order chi connectivity index (χ1) is 15.4. The van der Waals surface area contributed by atoms with E-state index in [1.807, 2.05) is 24.3 Å². The number of amides is 2. The van der Waals surface area contributed by atoms with Crippen LogP contribution >= 0.6 is 11.3 Å². The second kappa shape index (κ2) is 9.06. The fraction of sp³-hybridized carbons (Fsp3) is 0.182. The maximum absolute atomic E-state index is 12.6. The van der Waals surface area contributed by atoms with Gasteiger partial charge in [0.2, 0.25) is 11.8 Å². The van der Waals surface area contributed by atoms with Crippen molar-refractivity contribution in [3.8, 4) is 11.5 Å². The monoisotopic (exact) mass is 452 g/mol. The normalized spacial score (nSPS) is 10.8. The van der Waals surface area contributed by atoms with E-state index in [0.717, 1.165) is 10.9 Å². The molecule has 10 heteroatoms. The van der Waals surface area contributed by atoms with Crippen molar-refractivity contribution >= 4 is 45.2 Å². The number of carbonyl (C=O) groups is 3. The Bertz CT molecular complexity index is 1300. The molecule has 0 spiro atoms. The van der Waals surface area contributed by atoms with E-state index < -0.39 is 5.97 Å². The van der Waals surface area contributed by atoms with Gasteiger partial charge in [-0.05, 0) is 18.2 Å². The van der Waals surface area contributed by atoms with Crippen LogP contribution in [0.2, 0.25) is 0 Å². The molecule has 0 saturated heterocycles. The molecule has 0 radical (unpaired) electrons. The zero-order chi connectivity index (χ0) is 22.7. The van der Waals surface area contributed by atoms with Gasteiger partial charge < -0.3 is 24.4 Å². The summed E-state index contributed by atoms with van der Waals surface area (Å²) in [5, 5.41) is 8.36. The molecule has 0 aliphatic rings. The molecular formula is C22H20N4O5S. The molecule has 0 atom stereocenters. The van der Waals surface area contributed by atoms with Crippen LogP contribution in [0.25, 0.3) is 22.4 Å². The summed E-state index contributed by atoms with van der Waals surface area (Å²) in [7, 11) is 1.32. The predicted octanol–water partition coefficient (Wildman–Crippen LogP) is 3.42. The lowest BCUT2D eigenvalue weighted by Gasteiger charge is -2.05. The number of hydrogen-bond acceptors (Lipinski definition) is 7. The largest absolute Gasteiger partial charge is 0.465 e. The number of methoxy groups -OCH3 is 1. The number of esters is 1. The van der Waals surface area contributed by atoms with Crippen molar-refractivity contribution in [1.82, 2.24) is 14.9 Å². The number of para-hydroxylation sites is 1. The number of hydrogen-bond donors (Lipinski definition) is 2. The summed E-state index contributed by atoms with van der Waals surface area (Å²) in [6.45, 7) is 1.74. The van der Waals surface area contributed by atoms with Crippen LogP contribution in [-0.4, -0.2) is 34.4 Å². The molecule has 1 aromatic carbocycles. The molecule has 0 fully saturated rings. The number of anilines is 1. The topological polar surface area (TPSA) is 115 Å². The van der Waals surface area contributed by atoms with Crippen LogP contribution in [0, 0.1) is 0 Å². The Morgan fingerprint density at radius 3 is 2.78 bits per heavy atom. The van der Waals surface area contributed by atoms with Crippen molar-refractivity contribution in [3.05, 3.63) is 59.3 Å². The van der Waals surface area contributed by atoms with Gasteiger partial charge >= 0.3 is 5.97 Å². The summed E-state index contributed by atoms with van der Waals surface area (Å²) < 4.78 is 12.2. The minimum Gasteiger partial charge on any atom is -0.465 e. The van der Waals surface area contributed by atoms with Crippen molar-refractivity contribution in [2.24, 2.45) is 0 Å². The van der Waals surface area contributed by atoms with Gasteiger partial charge in [-0.1, -0.05) is 18.2 Å². The van der Waals surface area contributed by atoms with Crippen molar-refractivity contribution in [2.75, 3.05) is 12.4 Å². The van der Waals surface area contributed by atoms with Crippen LogP contribution in [0.15, 0.2) is 52.4 Å². The standard InChI is InChI=1S/C22H20N4O5S/c1-13(27)23-9-14-7-8-19(31-14)17-12-32-22(24-17)25-20(28)11-26-10-16(21(29)30-2)15-5-3-4-6-18(15)26/h3-8,10,12H,9,11H2,1-2H3,(H,23,27)(H,24,25,28). The van der Waals surface area contributed by atoms with E-state index in [0.29, 0.717) is 34.5 Å². The molecule has 3 heterocycles. The molecular weight excluding hydrogens is 432 g/mol. The molecule has 0 unspecified atom stereocenters. The lowest BCUT2D eigenvalue weighted by Crippen LogP contribution is -2.18. The van der Waals surface area contributed by atoms with Crippen molar-refractivity contribution < 1.29 is 23.5 Å². The summed E-state index contributed by atoms with van der Waals surface area (Å²) in [5.41, 5.74) is 1.74. The van der Waals surface area contributed by atoms with Gasteiger partial charge in [-0.15, -0.1) is 11.3 Å². The molecule has 9 nitrogen and oxygen atoms in total. The molecule has 4 rings (SSSR count). The highest BCUT2D eigenvalue weighted by Crippen LogP contribution is 2.27. The zero-order valence-corrected chi connectivity index (χ0v) is 18.2. The number of carbonyl (C=O) groups excluding carboxylic acids is 3. The number of furan rings is 1. The molecule has 0 aliphatic heterocycles. The van der Waals surface area contributed by atoms with Crippen molar-refractivity contribution in [3.63, 3.8) is 0 Å². The van der Waals surface area contributed by atoms with Gasteiger partial charge in [0.05, 0.1) is 19.2 Å². The summed E-state index contributed by atoms with van der Waals surface area (Å²) in [6, 6.07) is 10.8. The van der Waals surface area contributed by atoms with Crippen LogP contribution in [0.5, 0.6) is 0 Å². The first-order valence-corrected chi connectivity index (χ1v) is 10.6. The van der Waals surface area contributed by atoms with Crippen LogP contribution in [0.3, 0.4) is 0 Å². The van der Waals surface area contributed by atoms with Crippen molar-refractivity contribution in [2.45, 2.75) is 20.0 Å². The zero-order valence-electron chi connectivity index (χ0n) is 17.4. The van der Waals surface area contributed by atoms with Gasteiger partial charge in [0, 0.05) is 29.4 Å². The van der Waals surface area contributed by atoms with E-state index in [9.17, 15) is 14.4 Å². The van der Waals surface area contributed by atoms with Gasteiger partial charge in [0.25, 0.3) is 0 Å². The smallest absolute Gasteiger partial charge is 0.340 e. The molecule has 0 bridgehead atoms. The first kappa shape index (κ1) is 21.3. The van der Waals surface area contributed by atoms with Crippen LogP contribution in [0.1, 0.15) is 23.0 Å². The number of thiazole rings is 1. The van der Waals surface area contributed by atoms with Crippen molar-refractivity contribution in [1.29, 1.82) is 0 Å². The molecule has 0 saturated carbocycles. The molecule has 32 heavy (non-hydrogen) atoms. The Morgan fingerprint density at radius 2 is 2.00 bits per heavy atom. The van der Waals surface area contributed by atoms with E-state index in [1.54, 1.807) is 28.3 Å². The third-order valence-corrected chi connectivity index (χ3v) is 5.44. The molecule has 0 aliphatic carbocycles. The third-order valence-electron chi connectivity index (χ3n) is 4.68. The number of fused-ring (bicyclic) bond motifs is 1. The molecule has 2 N–H and O–H groups in total. The average Bonchev–Trinajstić information content (AvgIpc) is 3.51. The maximum Gasteiger partial charge on any atom is 0.340 e. The number of benzene rings is 1. The van der Waals surface area contributed by atoms with Gasteiger partial charge in [-0.2, -0.15) is 0 Å². The lowest BCUT2D eigenvalue weighted by molar-refractivity contribution is -0.119. The lowest BCUT2D eigenvalue weighted by atomic mass is 10.2. The summed E-state index contributed by atoms with van der Waals surface area (Å²) >= 11 is 1.27. The predicted molar refractivity (Wildman–Crippen MR) is 119 cm³/mol. The maximum atomic E-state index is 12.6. The summed E-state index contributed by atoms with van der Waals surface area (Å²) in [4.78, 5) is 40.1. The Kier molecular flexibility index (Phi) is 6.04. The third kappa shape index (κ3) is 4.54. The van der Waals surface area contributed by atoms with E-state index in [-0.39, 0.29) is 18.4 Å². The van der Waals surface area contributed by atoms with Gasteiger partial charge in [0.15, 0.2) is 10.9 Å². The Balaban J connectivity index is 1.45. The number of ether oxygens (including phenoxy) is 1. The number of nitrogens with one attached hydrogen (secondary N) is 2. The van der Waals surface area contributed by atoms with E-state index >= 15 is 0 Å². The molecule has 4 aromatic rings. The Labute approximate surface area is 187 Å². The van der Waals surface area contributed by atoms with Crippen LogP contribution < -0.4 is 10.6 Å². The minimum atomic E-state index is -0.457. The van der Waals surface area contributed by atoms with Gasteiger partial charge in [0.1, 0.15) is 18.0 Å². The van der Waals surface area contributed by atoms with E-state index in [1.165, 1.54) is 25.4 Å². The van der Waals surface area contributed by atoms with Gasteiger partial charge in [-0.25, -0.2) is 9.78 Å². The first-order valence-electron chi connectivity index (χ1n) is 9.69. The molecule has 3 aromatic heterocycles. The highest BCUT2D eigenvalue weighted by molar-refractivity contribution is 7.14. The molecule has 2 amide bonds.